The van der Waals surface area contributed by atoms with Crippen LogP contribution in [0.5, 0.6) is 0 Å². The van der Waals surface area contributed by atoms with Crippen molar-refractivity contribution < 1.29 is 8.42 Å². The van der Waals surface area contributed by atoms with Crippen LogP contribution in [-0.4, -0.2) is 18.1 Å². The summed E-state index contributed by atoms with van der Waals surface area (Å²) in [6.07, 6.45) is 1.52. The van der Waals surface area contributed by atoms with Crippen LogP contribution in [0.15, 0.2) is 22.8 Å². The highest BCUT2D eigenvalue weighted by atomic mass is 79.9. The molecule has 0 spiro atoms. The third kappa shape index (κ3) is 3.61. The maximum atomic E-state index is 11.0. The molecule has 1 aromatic rings. The van der Waals surface area contributed by atoms with Crippen molar-refractivity contribution in [2.24, 2.45) is 0 Å². The van der Waals surface area contributed by atoms with Crippen molar-refractivity contribution in [1.82, 2.24) is 4.98 Å². The molecule has 0 saturated heterocycles. The second-order valence-corrected chi connectivity index (χ2v) is 6.13. The zero-order chi connectivity index (χ0) is 9.90. The number of nitrogens with one attached hydrogen (secondary N) is 1. The van der Waals surface area contributed by atoms with Gasteiger partial charge in [0.1, 0.15) is 10.5 Å². The second-order valence-electron chi connectivity index (χ2n) is 2.19. The van der Waals surface area contributed by atoms with Gasteiger partial charge in [0.2, 0.25) is 10.0 Å². The molecule has 0 aliphatic heterocycles. The Hall–Kier alpha value is -0.140. The molecule has 0 atom stereocenters. The molecule has 0 aromatic carbocycles. The molecular formula is C6H6Br2N2O2S. The first-order valence-corrected chi connectivity index (χ1v) is 6.78. The highest BCUT2D eigenvalue weighted by molar-refractivity contribution is 9.11. The molecule has 0 amide bonds. The van der Waals surface area contributed by atoms with Crippen molar-refractivity contribution in [3.8, 4) is 0 Å². The molecule has 72 valence electrons. The number of aromatic nitrogens is 1. The summed E-state index contributed by atoms with van der Waals surface area (Å²) in [6, 6.07) is 3.28. The van der Waals surface area contributed by atoms with Crippen molar-refractivity contribution in [2.75, 3.05) is 9.38 Å². The van der Waals surface area contributed by atoms with Gasteiger partial charge < -0.3 is 0 Å². The average Bonchev–Trinajstić information content (AvgIpc) is 2.09. The van der Waals surface area contributed by atoms with Crippen molar-refractivity contribution in [2.45, 2.75) is 0 Å². The first kappa shape index (κ1) is 10.9. The van der Waals surface area contributed by atoms with Gasteiger partial charge in [0.05, 0.1) is 0 Å². The van der Waals surface area contributed by atoms with E-state index >= 15 is 0 Å². The Bertz CT molecular complexity index is 376. The van der Waals surface area contributed by atoms with Crippen LogP contribution in [-0.2, 0) is 10.0 Å². The monoisotopic (exact) mass is 328 g/mol. The molecule has 0 radical (unpaired) electrons. The zero-order valence-electron chi connectivity index (χ0n) is 6.37. The van der Waals surface area contributed by atoms with Crippen LogP contribution in [0.1, 0.15) is 0 Å². The normalized spacial score (nSPS) is 11.2. The van der Waals surface area contributed by atoms with E-state index in [9.17, 15) is 8.42 Å². The van der Waals surface area contributed by atoms with Gasteiger partial charge >= 0.3 is 0 Å². The summed E-state index contributed by atoms with van der Waals surface area (Å²) in [6.45, 7) is 0. The quantitative estimate of drug-likeness (QED) is 0.862. The number of rotatable bonds is 3. The van der Waals surface area contributed by atoms with E-state index in [0.29, 0.717) is 5.82 Å². The van der Waals surface area contributed by atoms with E-state index in [-0.39, 0.29) is 4.66 Å². The highest BCUT2D eigenvalue weighted by Crippen LogP contribution is 2.11. The number of hydrogen-bond acceptors (Lipinski definition) is 3. The largest absolute Gasteiger partial charge is 0.267 e. The first-order chi connectivity index (χ1) is 6.03. The lowest BCUT2D eigenvalue weighted by Gasteiger charge is -2.03. The fraction of sp³-hybridized carbons (Fsp3) is 0.167. The van der Waals surface area contributed by atoms with E-state index in [4.69, 9.17) is 0 Å². The minimum Gasteiger partial charge on any atom is -0.267 e. The lowest BCUT2D eigenvalue weighted by atomic mass is 10.5. The Balaban J connectivity index is 2.82. The maximum Gasteiger partial charge on any atom is 0.243 e. The molecule has 0 unspecified atom stereocenters. The third-order valence-electron chi connectivity index (χ3n) is 1.13. The average molecular weight is 330 g/mol. The fourth-order valence-corrected chi connectivity index (χ4v) is 1.69. The number of nitrogens with zero attached hydrogens (tertiary/aromatic N) is 1. The number of halogens is 2. The summed E-state index contributed by atoms with van der Waals surface area (Å²) in [5.41, 5.74) is 0. The molecule has 1 N–H and O–H groups in total. The van der Waals surface area contributed by atoms with Crippen molar-refractivity contribution >= 4 is 47.7 Å². The van der Waals surface area contributed by atoms with Crippen molar-refractivity contribution in [1.29, 1.82) is 0 Å². The Morgan fingerprint density at radius 2 is 2.15 bits per heavy atom. The minimum absolute atomic E-state index is 0.141. The topological polar surface area (TPSA) is 59.1 Å². The Kier molecular flexibility index (Phi) is 3.69. The van der Waals surface area contributed by atoms with Gasteiger partial charge in [-0.2, -0.15) is 0 Å². The molecular weight excluding hydrogens is 324 g/mol. The highest BCUT2D eigenvalue weighted by Gasteiger charge is 2.07. The van der Waals surface area contributed by atoms with Crippen LogP contribution in [0.2, 0.25) is 0 Å². The van der Waals surface area contributed by atoms with Gasteiger partial charge in [0.15, 0.2) is 0 Å². The van der Waals surface area contributed by atoms with E-state index in [0.717, 1.165) is 4.47 Å². The van der Waals surface area contributed by atoms with Gasteiger partial charge in [-0.25, -0.2) is 13.4 Å². The molecule has 1 rings (SSSR count). The molecule has 4 nitrogen and oxygen atoms in total. The van der Waals surface area contributed by atoms with E-state index in [1.807, 2.05) is 0 Å². The van der Waals surface area contributed by atoms with Gasteiger partial charge in [0.25, 0.3) is 0 Å². The van der Waals surface area contributed by atoms with Gasteiger partial charge in [-0.1, -0.05) is 15.9 Å². The zero-order valence-corrected chi connectivity index (χ0v) is 10.4. The molecule has 0 bridgehead atoms. The van der Waals surface area contributed by atoms with Gasteiger partial charge in [-0.05, 0) is 28.1 Å². The summed E-state index contributed by atoms with van der Waals surface area (Å²) in [4.78, 5) is 3.85. The smallest absolute Gasteiger partial charge is 0.243 e. The van der Waals surface area contributed by atoms with E-state index in [2.05, 4.69) is 41.6 Å². The molecule has 0 fully saturated rings. The van der Waals surface area contributed by atoms with Gasteiger partial charge in [-0.15, -0.1) is 0 Å². The van der Waals surface area contributed by atoms with E-state index in [1.54, 1.807) is 12.1 Å². The Morgan fingerprint density at radius 3 is 2.62 bits per heavy atom. The number of alkyl halides is 1. The molecule has 0 aliphatic carbocycles. The van der Waals surface area contributed by atoms with Crippen LogP contribution < -0.4 is 4.72 Å². The predicted octanol–water partition coefficient (Wildman–Crippen LogP) is 1.94. The van der Waals surface area contributed by atoms with Gasteiger partial charge in [-0.3, -0.25) is 4.72 Å². The van der Waals surface area contributed by atoms with Crippen LogP contribution in [0, 0.1) is 0 Å². The van der Waals surface area contributed by atoms with Crippen molar-refractivity contribution in [3.05, 3.63) is 22.8 Å². The molecule has 0 aliphatic rings. The van der Waals surface area contributed by atoms with E-state index < -0.39 is 10.0 Å². The summed E-state index contributed by atoms with van der Waals surface area (Å²) < 4.78 is 25.0. The molecule has 1 heterocycles. The third-order valence-corrected chi connectivity index (χ3v) is 4.22. The van der Waals surface area contributed by atoms with Crippen LogP contribution in [0.4, 0.5) is 5.82 Å². The van der Waals surface area contributed by atoms with Crippen LogP contribution in [0.3, 0.4) is 0 Å². The summed E-state index contributed by atoms with van der Waals surface area (Å²) in [7, 11) is -3.30. The van der Waals surface area contributed by atoms with Crippen LogP contribution >= 0.6 is 31.9 Å². The van der Waals surface area contributed by atoms with Crippen LogP contribution in [0.25, 0.3) is 0 Å². The maximum absolute atomic E-state index is 11.0. The van der Waals surface area contributed by atoms with E-state index in [1.165, 1.54) is 6.20 Å². The lowest BCUT2D eigenvalue weighted by molar-refractivity contribution is 0.606. The Morgan fingerprint density at radius 1 is 1.46 bits per heavy atom. The molecule has 7 heteroatoms. The number of pyridine rings is 1. The van der Waals surface area contributed by atoms with Crippen molar-refractivity contribution in [3.63, 3.8) is 0 Å². The standard InChI is InChI=1S/C6H6Br2N2O2S/c7-4-13(11,12)10-6-2-1-5(8)3-9-6/h1-3H,4H2,(H,9,10). The second kappa shape index (κ2) is 4.39. The summed E-state index contributed by atoms with van der Waals surface area (Å²) >= 11 is 6.05. The molecule has 0 saturated carbocycles. The minimum atomic E-state index is -3.30. The lowest BCUT2D eigenvalue weighted by Crippen LogP contribution is -2.13. The molecule has 13 heavy (non-hydrogen) atoms. The summed E-state index contributed by atoms with van der Waals surface area (Å²) in [5, 5.41) is 0. The Labute approximate surface area is 93.1 Å². The predicted molar refractivity (Wildman–Crippen MR) is 58.3 cm³/mol. The molecule has 1 aromatic heterocycles. The number of anilines is 1. The SMILES string of the molecule is O=S(=O)(CBr)Nc1ccc(Br)cn1. The first-order valence-electron chi connectivity index (χ1n) is 3.21. The summed E-state index contributed by atoms with van der Waals surface area (Å²) in [5.74, 6) is 0.308. The number of hydrogen-bond donors (Lipinski definition) is 1. The number of sulfonamides is 1. The fourth-order valence-electron chi connectivity index (χ4n) is 0.623. The van der Waals surface area contributed by atoms with Gasteiger partial charge in [0, 0.05) is 10.7 Å².